The number of rotatable bonds is 6. The number of ether oxygens (including phenoxy) is 1. The van der Waals surface area contributed by atoms with Gasteiger partial charge in [-0.3, -0.25) is 0 Å². The van der Waals surface area contributed by atoms with Gasteiger partial charge in [0.25, 0.3) is 8.32 Å². The molecular formula is C21H31NO3Si. The second kappa shape index (κ2) is 7.70. The van der Waals surface area contributed by atoms with Gasteiger partial charge in [0.2, 0.25) is 0 Å². The zero-order valence-corrected chi connectivity index (χ0v) is 17.8. The summed E-state index contributed by atoms with van der Waals surface area (Å²) in [5, 5.41) is 0.0260. The Labute approximate surface area is 158 Å². The third-order valence-corrected chi connectivity index (χ3v) is 9.61. The van der Waals surface area contributed by atoms with E-state index in [1.165, 1.54) is 5.56 Å². The van der Waals surface area contributed by atoms with E-state index in [0.717, 1.165) is 12.0 Å². The third kappa shape index (κ3) is 4.39. The number of amides is 1. The van der Waals surface area contributed by atoms with Gasteiger partial charge in [0, 0.05) is 5.57 Å². The molecule has 1 aromatic rings. The molecule has 1 aliphatic heterocycles. The molecule has 142 valence electrons. The van der Waals surface area contributed by atoms with Crippen LogP contribution in [0.1, 0.15) is 33.3 Å². The van der Waals surface area contributed by atoms with E-state index in [-0.39, 0.29) is 17.2 Å². The van der Waals surface area contributed by atoms with E-state index in [2.05, 4.69) is 52.6 Å². The largest absolute Gasteiger partial charge is 0.531 e. The van der Waals surface area contributed by atoms with Crippen molar-refractivity contribution >= 4 is 14.4 Å². The monoisotopic (exact) mass is 373 g/mol. The number of carbonyl (C=O) groups excluding carboxylic acids is 1. The van der Waals surface area contributed by atoms with Gasteiger partial charge in [-0.25, -0.2) is 9.69 Å². The summed E-state index contributed by atoms with van der Waals surface area (Å²) in [4.78, 5) is 14.2. The molecule has 1 heterocycles. The minimum absolute atomic E-state index is 0.0260. The molecule has 0 bridgehead atoms. The molecule has 1 aliphatic rings. The van der Waals surface area contributed by atoms with E-state index in [0.29, 0.717) is 12.5 Å². The number of carbonyl (C=O) groups is 1. The van der Waals surface area contributed by atoms with Crippen LogP contribution in [0.5, 0.6) is 0 Å². The van der Waals surface area contributed by atoms with E-state index in [1.54, 1.807) is 11.0 Å². The number of allylic oxidation sites excluding steroid dienone is 2. The Balaban J connectivity index is 2.36. The average Bonchev–Trinajstić information content (AvgIpc) is 2.92. The van der Waals surface area contributed by atoms with Crippen LogP contribution in [0.25, 0.3) is 0 Å². The molecule has 2 rings (SSSR count). The predicted octanol–water partition coefficient (Wildman–Crippen LogP) is 5.49. The molecular weight excluding hydrogens is 342 g/mol. The maximum absolute atomic E-state index is 12.5. The number of nitrogens with zero attached hydrogens (tertiary/aromatic N) is 1. The summed E-state index contributed by atoms with van der Waals surface area (Å²) in [6.07, 6.45) is 2.12. The molecule has 1 saturated heterocycles. The SMILES string of the molecule is C=C/C(C)=C(/O[Si](C)(C)C(C)(C)C)N1C(=O)OC[C@H]1Cc1ccccc1. The van der Waals surface area contributed by atoms with Gasteiger partial charge in [-0.05, 0) is 37.0 Å². The summed E-state index contributed by atoms with van der Waals surface area (Å²) in [6.45, 7) is 17.1. The Kier molecular flexibility index (Phi) is 6.01. The smallest absolute Gasteiger partial charge is 0.417 e. The predicted molar refractivity (Wildman–Crippen MR) is 108 cm³/mol. The van der Waals surface area contributed by atoms with Crippen LogP contribution in [0.4, 0.5) is 4.79 Å². The molecule has 1 aromatic carbocycles. The average molecular weight is 374 g/mol. The first-order chi connectivity index (χ1) is 12.1. The van der Waals surface area contributed by atoms with Crippen molar-refractivity contribution in [3.8, 4) is 0 Å². The fourth-order valence-electron chi connectivity index (χ4n) is 2.55. The highest BCUT2D eigenvalue weighted by molar-refractivity contribution is 6.74. The normalized spacial score (nSPS) is 19.1. The first kappa shape index (κ1) is 20.3. The van der Waals surface area contributed by atoms with Gasteiger partial charge in [0.05, 0.1) is 6.04 Å². The van der Waals surface area contributed by atoms with Crippen molar-refractivity contribution in [1.29, 1.82) is 0 Å². The highest BCUT2D eigenvalue weighted by atomic mass is 28.4. The molecule has 5 heteroatoms. The lowest BCUT2D eigenvalue weighted by atomic mass is 10.1. The van der Waals surface area contributed by atoms with E-state index in [4.69, 9.17) is 9.16 Å². The minimum Gasteiger partial charge on any atom is -0.531 e. The molecule has 0 saturated carbocycles. The Morgan fingerprint density at radius 1 is 1.35 bits per heavy atom. The third-order valence-electron chi connectivity index (χ3n) is 5.30. The molecule has 0 N–H and O–H groups in total. The zero-order chi connectivity index (χ0) is 19.5. The molecule has 26 heavy (non-hydrogen) atoms. The maximum atomic E-state index is 12.5. The Hall–Kier alpha value is -2.01. The standard InChI is InChI=1S/C21H31NO3Si/c1-8-16(2)19(25-26(6,7)21(3,4)5)22-18(15-24-20(22)23)14-17-12-10-9-11-13-17/h8-13,18H,1,14-15H2,2-7H3/b19-16+/t18-/m1/s1. The molecule has 1 amide bonds. The summed E-state index contributed by atoms with van der Waals surface area (Å²) in [5.74, 6) is 0.593. The van der Waals surface area contributed by atoms with Gasteiger partial charge >= 0.3 is 6.09 Å². The van der Waals surface area contributed by atoms with E-state index in [9.17, 15) is 4.79 Å². The van der Waals surface area contributed by atoms with Crippen LogP contribution < -0.4 is 0 Å². The van der Waals surface area contributed by atoms with Gasteiger partial charge in [-0.15, -0.1) is 0 Å². The van der Waals surface area contributed by atoms with E-state index < -0.39 is 8.32 Å². The molecule has 1 fully saturated rings. The second-order valence-electron chi connectivity index (χ2n) is 8.35. The summed E-state index contributed by atoms with van der Waals surface area (Å²) < 4.78 is 11.9. The van der Waals surface area contributed by atoms with Crippen molar-refractivity contribution in [3.63, 3.8) is 0 Å². The van der Waals surface area contributed by atoms with Crippen molar-refractivity contribution in [3.05, 3.63) is 60.0 Å². The van der Waals surface area contributed by atoms with Crippen molar-refractivity contribution in [1.82, 2.24) is 4.90 Å². The number of benzene rings is 1. The van der Waals surface area contributed by atoms with Crippen LogP contribution in [-0.2, 0) is 15.6 Å². The number of hydrogen-bond acceptors (Lipinski definition) is 3. The summed E-state index contributed by atoms with van der Waals surface area (Å²) in [5.41, 5.74) is 2.02. The van der Waals surface area contributed by atoms with Crippen molar-refractivity contribution in [2.75, 3.05) is 6.61 Å². The minimum atomic E-state index is -2.12. The Morgan fingerprint density at radius 3 is 2.50 bits per heavy atom. The summed E-state index contributed by atoms with van der Waals surface area (Å²) in [7, 11) is -2.12. The molecule has 1 atom stereocenters. The molecule has 0 spiro atoms. The topological polar surface area (TPSA) is 38.8 Å². The van der Waals surface area contributed by atoms with Crippen molar-refractivity contribution in [2.45, 2.75) is 58.3 Å². The van der Waals surface area contributed by atoms with Gasteiger partial charge in [-0.2, -0.15) is 0 Å². The highest BCUT2D eigenvalue weighted by Gasteiger charge is 2.44. The number of hydrogen-bond donors (Lipinski definition) is 0. The Morgan fingerprint density at radius 2 is 1.96 bits per heavy atom. The van der Waals surface area contributed by atoms with E-state index in [1.807, 2.05) is 25.1 Å². The maximum Gasteiger partial charge on any atom is 0.417 e. The summed E-state index contributed by atoms with van der Waals surface area (Å²) >= 11 is 0. The van der Waals surface area contributed by atoms with Crippen LogP contribution in [0.15, 0.2) is 54.4 Å². The first-order valence-electron chi connectivity index (χ1n) is 9.09. The fourth-order valence-corrected chi connectivity index (χ4v) is 3.60. The van der Waals surface area contributed by atoms with Crippen LogP contribution in [-0.4, -0.2) is 32.0 Å². The molecule has 0 aromatic heterocycles. The zero-order valence-electron chi connectivity index (χ0n) is 16.8. The molecule has 0 unspecified atom stereocenters. The lowest BCUT2D eigenvalue weighted by molar-refractivity contribution is 0.149. The van der Waals surface area contributed by atoms with Gasteiger partial charge in [0.1, 0.15) is 6.61 Å². The molecule has 0 radical (unpaired) electrons. The van der Waals surface area contributed by atoms with Crippen molar-refractivity contribution in [2.24, 2.45) is 0 Å². The van der Waals surface area contributed by atoms with Crippen LogP contribution in [0, 0.1) is 0 Å². The van der Waals surface area contributed by atoms with Crippen LogP contribution in [0.3, 0.4) is 0 Å². The highest BCUT2D eigenvalue weighted by Crippen LogP contribution is 2.40. The first-order valence-corrected chi connectivity index (χ1v) is 12.0. The van der Waals surface area contributed by atoms with Crippen LogP contribution in [0.2, 0.25) is 18.1 Å². The van der Waals surface area contributed by atoms with Crippen LogP contribution >= 0.6 is 0 Å². The van der Waals surface area contributed by atoms with Gasteiger partial charge in [-0.1, -0.05) is 63.8 Å². The molecule has 0 aliphatic carbocycles. The van der Waals surface area contributed by atoms with Gasteiger partial charge < -0.3 is 9.16 Å². The Bertz CT molecular complexity index is 689. The quantitative estimate of drug-likeness (QED) is 0.376. The molecule has 4 nitrogen and oxygen atoms in total. The lowest BCUT2D eigenvalue weighted by Gasteiger charge is -2.39. The second-order valence-corrected chi connectivity index (χ2v) is 13.1. The lowest BCUT2D eigenvalue weighted by Crippen LogP contribution is -2.45. The van der Waals surface area contributed by atoms with Gasteiger partial charge in [0.15, 0.2) is 5.88 Å². The fraction of sp³-hybridized carbons (Fsp3) is 0.476. The summed E-state index contributed by atoms with van der Waals surface area (Å²) in [6, 6.07) is 10.1. The number of cyclic esters (lactones) is 1. The van der Waals surface area contributed by atoms with E-state index >= 15 is 0 Å². The van der Waals surface area contributed by atoms with Crippen molar-refractivity contribution < 1.29 is 14.0 Å².